The summed E-state index contributed by atoms with van der Waals surface area (Å²) in [6.45, 7) is 1.87. The van der Waals surface area contributed by atoms with E-state index < -0.39 is 5.82 Å². The van der Waals surface area contributed by atoms with Crippen LogP contribution in [0, 0.1) is 17.1 Å². The molecule has 0 aliphatic carbocycles. The Kier molecular flexibility index (Phi) is 3.02. The van der Waals surface area contributed by atoms with Gasteiger partial charge in [0.05, 0.1) is 12.0 Å². The third-order valence-corrected chi connectivity index (χ3v) is 3.51. The normalized spacial score (nSPS) is 18.4. The van der Waals surface area contributed by atoms with E-state index in [0.717, 1.165) is 25.2 Å². The number of aromatic nitrogens is 2. The second-order valence-electron chi connectivity index (χ2n) is 4.62. The van der Waals surface area contributed by atoms with Gasteiger partial charge < -0.3 is 9.88 Å². The maximum atomic E-state index is 13.7. The van der Waals surface area contributed by atoms with Gasteiger partial charge in [0.25, 0.3) is 0 Å². The molecule has 3 rings (SSSR count). The van der Waals surface area contributed by atoms with Crippen LogP contribution in [0.15, 0.2) is 30.7 Å². The third-order valence-electron chi connectivity index (χ3n) is 3.51. The predicted molar refractivity (Wildman–Crippen MR) is 68.5 cm³/mol. The lowest BCUT2D eigenvalue weighted by Crippen LogP contribution is -2.11. The van der Waals surface area contributed by atoms with E-state index in [-0.39, 0.29) is 5.56 Å². The minimum Gasteiger partial charge on any atom is -0.316 e. The van der Waals surface area contributed by atoms with Gasteiger partial charge in [0, 0.05) is 24.4 Å². The summed E-state index contributed by atoms with van der Waals surface area (Å²) in [6, 6.07) is 6.59. The van der Waals surface area contributed by atoms with Crippen LogP contribution in [0.4, 0.5) is 4.39 Å². The number of imidazole rings is 1. The lowest BCUT2D eigenvalue weighted by Gasteiger charge is -2.14. The summed E-state index contributed by atoms with van der Waals surface area (Å²) in [5.41, 5.74) is 1.64. The summed E-state index contributed by atoms with van der Waals surface area (Å²) >= 11 is 0. The molecule has 1 atom stereocenters. The Hall–Kier alpha value is -2.19. The number of nitrogens with zero attached hydrogens (tertiary/aromatic N) is 3. The summed E-state index contributed by atoms with van der Waals surface area (Å²) in [5, 5.41) is 12.4. The van der Waals surface area contributed by atoms with Crippen LogP contribution < -0.4 is 5.32 Å². The zero-order valence-corrected chi connectivity index (χ0v) is 10.3. The highest BCUT2D eigenvalue weighted by atomic mass is 19.1. The lowest BCUT2D eigenvalue weighted by atomic mass is 10.0. The molecule has 0 radical (unpaired) electrons. The summed E-state index contributed by atoms with van der Waals surface area (Å²) < 4.78 is 15.5. The van der Waals surface area contributed by atoms with Crippen molar-refractivity contribution >= 4 is 0 Å². The van der Waals surface area contributed by atoms with Crippen molar-refractivity contribution in [3.05, 3.63) is 47.8 Å². The van der Waals surface area contributed by atoms with E-state index in [0.29, 0.717) is 11.6 Å². The fraction of sp³-hybridized carbons (Fsp3) is 0.286. The highest BCUT2D eigenvalue weighted by Gasteiger charge is 2.22. The fourth-order valence-corrected chi connectivity index (χ4v) is 2.54. The van der Waals surface area contributed by atoms with Crippen LogP contribution in [-0.4, -0.2) is 22.6 Å². The smallest absolute Gasteiger partial charge is 0.143 e. The van der Waals surface area contributed by atoms with Crippen molar-refractivity contribution < 1.29 is 4.39 Å². The highest BCUT2D eigenvalue weighted by molar-refractivity contribution is 5.50. The van der Waals surface area contributed by atoms with E-state index in [9.17, 15) is 4.39 Å². The number of nitrogens with one attached hydrogen (secondary N) is 1. The topological polar surface area (TPSA) is 53.6 Å². The number of hydrogen-bond donors (Lipinski definition) is 1. The quantitative estimate of drug-likeness (QED) is 0.893. The molecule has 96 valence electrons. The average Bonchev–Trinajstić information content (AvgIpc) is 3.09. The molecule has 0 spiro atoms. The van der Waals surface area contributed by atoms with E-state index in [4.69, 9.17) is 5.26 Å². The van der Waals surface area contributed by atoms with Crippen LogP contribution in [-0.2, 0) is 0 Å². The first-order valence-electron chi connectivity index (χ1n) is 6.23. The first-order valence-corrected chi connectivity index (χ1v) is 6.23. The average molecular weight is 256 g/mol. The van der Waals surface area contributed by atoms with Crippen molar-refractivity contribution in [3.63, 3.8) is 0 Å². The molecule has 1 saturated heterocycles. The zero-order valence-electron chi connectivity index (χ0n) is 10.3. The van der Waals surface area contributed by atoms with Crippen LogP contribution in [0.3, 0.4) is 0 Å². The molecule has 1 aliphatic rings. The van der Waals surface area contributed by atoms with Crippen molar-refractivity contribution in [2.24, 2.45) is 0 Å². The second kappa shape index (κ2) is 4.82. The van der Waals surface area contributed by atoms with Crippen molar-refractivity contribution in [1.82, 2.24) is 14.9 Å². The molecular weight excluding hydrogens is 243 g/mol. The van der Waals surface area contributed by atoms with Gasteiger partial charge in [-0.3, -0.25) is 0 Å². The number of nitriles is 1. The van der Waals surface area contributed by atoms with Crippen molar-refractivity contribution in [1.29, 1.82) is 5.26 Å². The standard InChI is InChI=1S/C14H13FN4/c15-12-2-1-3-13(11(12)6-16)19-9-18-8-14(19)10-4-5-17-7-10/h1-3,8-10,17H,4-5,7H2. The van der Waals surface area contributed by atoms with Crippen LogP contribution >= 0.6 is 0 Å². The number of halogens is 1. The Balaban J connectivity index is 2.11. The van der Waals surface area contributed by atoms with Crippen LogP contribution in [0.25, 0.3) is 5.69 Å². The van der Waals surface area contributed by atoms with Gasteiger partial charge in [0.2, 0.25) is 0 Å². The largest absolute Gasteiger partial charge is 0.316 e. The molecule has 1 aliphatic heterocycles. The van der Waals surface area contributed by atoms with Gasteiger partial charge in [-0.25, -0.2) is 9.37 Å². The molecule has 4 nitrogen and oxygen atoms in total. The van der Waals surface area contributed by atoms with Gasteiger partial charge in [0.15, 0.2) is 0 Å². The molecule has 1 unspecified atom stereocenters. The van der Waals surface area contributed by atoms with Crippen molar-refractivity contribution in [3.8, 4) is 11.8 Å². The minimum atomic E-state index is -0.496. The molecule has 0 bridgehead atoms. The summed E-state index contributed by atoms with van der Waals surface area (Å²) in [5.74, 6) is -0.137. The Morgan fingerprint density at radius 1 is 1.47 bits per heavy atom. The van der Waals surface area contributed by atoms with E-state index in [1.165, 1.54) is 6.07 Å². The van der Waals surface area contributed by atoms with Gasteiger partial charge in [-0.2, -0.15) is 5.26 Å². The molecule has 1 fully saturated rings. The van der Waals surface area contributed by atoms with E-state index in [2.05, 4.69) is 10.3 Å². The molecule has 19 heavy (non-hydrogen) atoms. The van der Waals surface area contributed by atoms with Crippen LogP contribution in [0.1, 0.15) is 23.6 Å². The van der Waals surface area contributed by atoms with Gasteiger partial charge in [-0.05, 0) is 25.1 Å². The molecule has 2 aromatic rings. The molecule has 1 aromatic carbocycles. The first-order chi connectivity index (χ1) is 9.31. The van der Waals surface area contributed by atoms with Gasteiger partial charge in [-0.15, -0.1) is 0 Å². The zero-order chi connectivity index (χ0) is 13.2. The molecule has 2 heterocycles. The van der Waals surface area contributed by atoms with Crippen LogP contribution in [0.2, 0.25) is 0 Å². The first kappa shape index (κ1) is 11.9. The minimum absolute atomic E-state index is 0.0627. The van der Waals surface area contributed by atoms with Crippen molar-refractivity contribution in [2.75, 3.05) is 13.1 Å². The van der Waals surface area contributed by atoms with Crippen molar-refractivity contribution in [2.45, 2.75) is 12.3 Å². The Morgan fingerprint density at radius 3 is 3.11 bits per heavy atom. The molecule has 0 amide bonds. The van der Waals surface area contributed by atoms with Gasteiger partial charge in [0.1, 0.15) is 17.4 Å². The fourth-order valence-electron chi connectivity index (χ4n) is 2.54. The number of rotatable bonds is 2. The molecular formula is C14H13FN4. The summed E-state index contributed by atoms with van der Waals surface area (Å²) in [6.07, 6.45) is 4.47. The lowest BCUT2D eigenvalue weighted by molar-refractivity contribution is 0.621. The van der Waals surface area contributed by atoms with E-state index in [1.807, 2.05) is 10.6 Å². The maximum absolute atomic E-state index is 13.7. The number of hydrogen-bond acceptors (Lipinski definition) is 3. The van der Waals surface area contributed by atoms with Crippen LogP contribution in [0.5, 0.6) is 0 Å². The molecule has 1 N–H and O–H groups in total. The Bertz CT molecular complexity index is 635. The molecule has 5 heteroatoms. The van der Waals surface area contributed by atoms with Gasteiger partial charge >= 0.3 is 0 Å². The monoisotopic (exact) mass is 256 g/mol. The number of benzene rings is 1. The second-order valence-corrected chi connectivity index (χ2v) is 4.62. The molecule has 0 saturated carbocycles. The van der Waals surface area contributed by atoms with E-state index >= 15 is 0 Å². The van der Waals surface area contributed by atoms with E-state index in [1.54, 1.807) is 24.7 Å². The Morgan fingerprint density at radius 2 is 2.37 bits per heavy atom. The Labute approximate surface area is 110 Å². The third kappa shape index (κ3) is 2.00. The molecule has 1 aromatic heterocycles. The highest BCUT2D eigenvalue weighted by Crippen LogP contribution is 2.26. The SMILES string of the molecule is N#Cc1c(F)cccc1-n1cncc1C1CCNC1. The van der Waals surface area contributed by atoms with Gasteiger partial charge in [-0.1, -0.05) is 6.07 Å². The predicted octanol–water partition coefficient (Wildman–Crippen LogP) is 1.96. The summed E-state index contributed by atoms with van der Waals surface area (Å²) in [4.78, 5) is 4.15. The maximum Gasteiger partial charge on any atom is 0.143 e. The summed E-state index contributed by atoms with van der Waals surface area (Å²) in [7, 11) is 0.